The molecule has 142 valence electrons. The first-order valence-corrected chi connectivity index (χ1v) is 8.73. The summed E-state index contributed by atoms with van der Waals surface area (Å²) in [7, 11) is 4.64. The third-order valence-electron chi connectivity index (χ3n) is 3.53. The molecule has 0 aromatic heterocycles. The van der Waals surface area contributed by atoms with Crippen molar-refractivity contribution >= 4 is 39.4 Å². The number of methoxy groups -OCH3 is 1. The lowest BCUT2D eigenvalue weighted by atomic mass is 10.2. The Labute approximate surface area is 165 Å². The van der Waals surface area contributed by atoms with Gasteiger partial charge in [-0.1, -0.05) is 0 Å². The van der Waals surface area contributed by atoms with Gasteiger partial charge in [0.25, 0.3) is 11.8 Å². The lowest BCUT2D eigenvalue weighted by Crippen LogP contribution is -2.22. The van der Waals surface area contributed by atoms with Crippen molar-refractivity contribution in [2.24, 2.45) is 0 Å². The quantitative estimate of drug-likeness (QED) is 0.706. The first kappa shape index (κ1) is 20.4. The number of esters is 1. The molecule has 0 bridgehead atoms. The number of carbonyl (C=O) groups excluding carboxylic acids is 3. The Hall–Kier alpha value is -2.87. The molecule has 0 spiro atoms. The van der Waals surface area contributed by atoms with Crippen LogP contribution in [0.15, 0.2) is 46.9 Å². The van der Waals surface area contributed by atoms with Gasteiger partial charge in [-0.3, -0.25) is 9.59 Å². The van der Waals surface area contributed by atoms with Crippen LogP contribution >= 0.6 is 15.9 Å². The van der Waals surface area contributed by atoms with E-state index in [0.29, 0.717) is 27.0 Å². The Kier molecular flexibility index (Phi) is 6.95. The molecule has 0 heterocycles. The largest absolute Gasteiger partial charge is 0.483 e. The van der Waals surface area contributed by atoms with Crippen molar-refractivity contribution in [3.8, 4) is 5.75 Å². The van der Waals surface area contributed by atoms with Crippen LogP contribution in [0.4, 0.5) is 5.69 Å². The number of carbonyl (C=O) groups is 3. The van der Waals surface area contributed by atoms with E-state index in [1.807, 2.05) is 0 Å². The number of hydrogen-bond acceptors (Lipinski definition) is 5. The SMILES string of the molecule is COC(=O)c1ccc(OCC(=O)Nc2ccc(C(=O)N(C)C)cc2)c(Br)c1. The minimum absolute atomic E-state index is 0.114. The van der Waals surface area contributed by atoms with Crippen molar-refractivity contribution in [1.82, 2.24) is 4.90 Å². The van der Waals surface area contributed by atoms with Gasteiger partial charge in [-0.15, -0.1) is 0 Å². The summed E-state index contributed by atoms with van der Waals surface area (Å²) >= 11 is 3.29. The summed E-state index contributed by atoms with van der Waals surface area (Å²) in [6, 6.07) is 11.3. The maximum Gasteiger partial charge on any atom is 0.337 e. The highest BCUT2D eigenvalue weighted by Gasteiger charge is 2.11. The van der Waals surface area contributed by atoms with Crippen molar-refractivity contribution in [2.75, 3.05) is 33.1 Å². The van der Waals surface area contributed by atoms with E-state index in [2.05, 4.69) is 26.0 Å². The molecule has 7 nitrogen and oxygen atoms in total. The highest BCUT2D eigenvalue weighted by molar-refractivity contribution is 9.10. The molecule has 0 unspecified atom stereocenters. The zero-order chi connectivity index (χ0) is 20.0. The number of amides is 2. The van der Waals surface area contributed by atoms with Gasteiger partial charge in [0.15, 0.2) is 6.61 Å². The predicted octanol–water partition coefficient (Wildman–Crippen LogP) is 2.96. The molecule has 27 heavy (non-hydrogen) atoms. The van der Waals surface area contributed by atoms with Crippen LogP contribution < -0.4 is 10.1 Å². The number of anilines is 1. The Morgan fingerprint density at radius 2 is 1.67 bits per heavy atom. The van der Waals surface area contributed by atoms with Crippen LogP contribution in [0, 0.1) is 0 Å². The maximum absolute atomic E-state index is 12.0. The van der Waals surface area contributed by atoms with Crippen LogP contribution in [0.1, 0.15) is 20.7 Å². The molecule has 0 atom stereocenters. The monoisotopic (exact) mass is 434 g/mol. The fourth-order valence-corrected chi connectivity index (χ4v) is 2.65. The molecule has 0 saturated carbocycles. The smallest absolute Gasteiger partial charge is 0.337 e. The van der Waals surface area contributed by atoms with Crippen molar-refractivity contribution in [1.29, 1.82) is 0 Å². The molecule has 0 radical (unpaired) electrons. The third kappa shape index (κ3) is 5.55. The van der Waals surface area contributed by atoms with Crippen LogP contribution in [-0.2, 0) is 9.53 Å². The molecule has 0 aliphatic heterocycles. The second-order valence-corrected chi connectivity index (χ2v) is 6.60. The molecule has 0 saturated heterocycles. The fraction of sp³-hybridized carbons (Fsp3) is 0.211. The Morgan fingerprint density at radius 1 is 1.04 bits per heavy atom. The summed E-state index contributed by atoms with van der Waals surface area (Å²) < 4.78 is 10.6. The highest BCUT2D eigenvalue weighted by Crippen LogP contribution is 2.26. The van der Waals surface area contributed by atoms with Crippen LogP contribution in [0.3, 0.4) is 0 Å². The van der Waals surface area contributed by atoms with Gasteiger partial charge in [-0.25, -0.2) is 4.79 Å². The second-order valence-electron chi connectivity index (χ2n) is 5.75. The average molecular weight is 435 g/mol. The second kappa shape index (κ2) is 9.18. The van der Waals surface area contributed by atoms with Gasteiger partial charge < -0.3 is 19.7 Å². The Morgan fingerprint density at radius 3 is 2.22 bits per heavy atom. The number of ether oxygens (including phenoxy) is 2. The molecule has 2 rings (SSSR count). The van der Waals surface area contributed by atoms with E-state index in [1.165, 1.54) is 12.0 Å². The Balaban J connectivity index is 1.93. The minimum atomic E-state index is -0.462. The van der Waals surface area contributed by atoms with E-state index < -0.39 is 5.97 Å². The molecule has 0 aliphatic carbocycles. The van der Waals surface area contributed by atoms with E-state index in [1.54, 1.807) is 56.6 Å². The number of halogens is 1. The topological polar surface area (TPSA) is 84.9 Å². The molecule has 0 aliphatic rings. The normalized spacial score (nSPS) is 10.1. The van der Waals surface area contributed by atoms with E-state index >= 15 is 0 Å². The zero-order valence-electron chi connectivity index (χ0n) is 15.1. The van der Waals surface area contributed by atoms with Crippen molar-refractivity contribution in [2.45, 2.75) is 0 Å². The predicted molar refractivity (Wildman–Crippen MR) is 104 cm³/mol. The molecule has 1 N–H and O–H groups in total. The number of rotatable bonds is 6. The summed E-state index contributed by atoms with van der Waals surface area (Å²) in [5.74, 6) is -0.511. The van der Waals surface area contributed by atoms with Crippen LogP contribution in [0.5, 0.6) is 5.75 Å². The lowest BCUT2D eigenvalue weighted by molar-refractivity contribution is -0.118. The fourth-order valence-electron chi connectivity index (χ4n) is 2.16. The van der Waals surface area contributed by atoms with Gasteiger partial charge >= 0.3 is 5.97 Å². The molecular weight excluding hydrogens is 416 g/mol. The lowest BCUT2D eigenvalue weighted by Gasteiger charge is -2.12. The summed E-state index contributed by atoms with van der Waals surface area (Å²) in [6.07, 6.45) is 0. The molecular formula is C19H19BrN2O5. The highest BCUT2D eigenvalue weighted by atomic mass is 79.9. The number of nitrogens with zero attached hydrogens (tertiary/aromatic N) is 1. The zero-order valence-corrected chi connectivity index (χ0v) is 16.7. The van der Waals surface area contributed by atoms with Crippen molar-refractivity contribution < 1.29 is 23.9 Å². The molecule has 2 aromatic carbocycles. The van der Waals surface area contributed by atoms with E-state index in [-0.39, 0.29) is 18.4 Å². The van der Waals surface area contributed by atoms with Crippen LogP contribution in [0.2, 0.25) is 0 Å². The summed E-state index contributed by atoms with van der Waals surface area (Å²) in [5, 5.41) is 2.69. The Bertz CT molecular complexity index is 850. The first-order valence-electron chi connectivity index (χ1n) is 7.94. The molecule has 8 heteroatoms. The summed E-state index contributed by atoms with van der Waals surface area (Å²) in [5.41, 5.74) is 1.46. The molecule has 2 aromatic rings. The van der Waals surface area contributed by atoms with Gasteiger partial charge in [0, 0.05) is 25.3 Å². The van der Waals surface area contributed by atoms with E-state index in [4.69, 9.17) is 4.74 Å². The van der Waals surface area contributed by atoms with Crippen LogP contribution in [-0.4, -0.2) is 50.5 Å². The molecule has 0 fully saturated rings. The van der Waals surface area contributed by atoms with Gasteiger partial charge in [0.2, 0.25) is 0 Å². The minimum Gasteiger partial charge on any atom is -0.483 e. The van der Waals surface area contributed by atoms with E-state index in [0.717, 1.165) is 0 Å². The van der Waals surface area contributed by atoms with E-state index in [9.17, 15) is 14.4 Å². The van der Waals surface area contributed by atoms with Gasteiger partial charge in [0.1, 0.15) is 5.75 Å². The van der Waals surface area contributed by atoms with Gasteiger partial charge in [-0.05, 0) is 58.4 Å². The first-order chi connectivity index (χ1) is 12.8. The van der Waals surface area contributed by atoms with Crippen LogP contribution in [0.25, 0.3) is 0 Å². The standard InChI is InChI=1S/C19H19BrN2O5/c1-22(2)18(24)12-4-7-14(8-5-12)21-17(23)11-27-16-9-6-13(10-15(16)20)19(25)26-3/h4-10H,11H2,1-3H3,(H,21,23). The van der Waals surface area contributed by atoms with Gasteiger partial charge in [0.05, 0.1) is 17.1 Å². The van der Waals surface area contributed by atoms with Crippen molar-refractivity contribution in [3.63, 3.8) is 0 Å². The molecule has 2 amide bonds. The van der Waals surface area contributed by atoms with Gasteiger partial charge in [-0.2, -0.15) is 0 Å². The summed E-state index contributed by atoms with van der Waals surface area (Å²) in [4.78, 5) is 36.8. The van der Waals surface area contributed by atoms with Crippen molar-refractivity contribution in [3.05, 3.63) is 58.1 Å². The maximum atomic E-state index is 12.0. The number of hydrogen-bond donors (Lipinski definition) is 1. The third-order valence-corrected chi connectivity index (χ3v) is 4.15. The number of nitrogens with one attached hydrogen (secondary N) is 1. The average Bonchev–Trinajstić information content (AvgIpc) is 2.66. The summed E-state index contributed by atoms with van der Waals surface area (Å²) in [6.45, 7) is -0.214. The number of benzene rings is 2.